The molecule has 7 heteroatoms. The molecular weight excluding hydrogens is 327 g/mol. The largest absolute Gasteiger partial charge is 0.399 e. The summed E-state index contributed by atoms with van der Waals surface area (Å²) in [5.41, 5.74) is 5.61. The van der Waals surface area contributed by atoms with Gasteiger partial charge in [0.05, 0.1) is 16.6 Å². The van der Waals surface area contributed by atoms with E-state index in [-0.39, 0.29) is 11.4 Å². The zero-order chi connectivity index (χ0) is 14.9. The summed E-state index contributed by atoms with van der Waals surface area (Å²) < 4.78 is 39.5. The SMILES string of the molecule is Nc1cc(F)c(S(=O)Cc2c(Cl)cccc2Cl)c(F)c1. The van der Waals surface area contributed by atoms with Crippen LogP contribution in [0.4, 0.5) is 14.5 Å². The number of nitrogen functional groups attached to an aromatic ring is 1. The van der Waals surface area contributed by atoms with Crippen LogP contribution < -0.4 is 5.73 Å². The van der Waals surface area contributed by atoms with Gasteiger partial charge >= 0.3 is 0 Å². The minimum absolute atomic E-state index is 0.0727. The van der Waals surface area contributed by atoms with Crippen LogP contribution in [0.3, 0.4) is 0 Å². The Labute approximate surface area is 127 Å². The Bertz CT molecular complexity index is 651. The summed E-state index contributed by atoms with van der Waals surface area (Å²) in [6.07, 6.45) is 0. The molecule has 0 saturated carbocycles. The molecule has 0 aliphatic rings. The topological polar surface area (TPSA) is 43.1 Å². The molecule has 2 nitrogen and oxygen atoms in total. The molecule has 0 saturated heterocycles. The van der Waals surface area contributed by atoms with E-state index in [4.69, 9.17) is 28.9 Å². The van der Waals surface area contributed by atoms with E-state index >= 15 is 0 Å². The molecule has 2 aromatic carbocycles. The smallest absolute Gasteiger partial charge is 0.144 e. The molecule has 2 aromatic rings. The van der Waals surface area contributed by atoms with Gasteiger partial charge in [-0.25, -0.2) is 8.78 Å². The molecule has 20 heavy (non-hydrogen) atoms. The van der Waals surface area contributed by atoms with Crippen molar-refractivity contribution in [2.45, 2.75) is 10.6 Å². The molecule has 0 aliphatic heterocycles. The van der Waals surface area contributed by atoms with E-state index in [1.165, 1.54) is 0 Å². The third-order valence-corrected chi connectivity index (χ3v) is 4.69. The molecule has 106 valence electrons. The molecule has 2 rings (SSSR count). The van der Waals surface area contributed by atoms with Crippen molar-refractivity contribution in [3.8, 4) is 0 Å². The normalized spacial score (nSPS) is 12.4. The Balaban J connectivity index is 2.39. The Kier molecular flexibility index (Phi) is 4.62. The summed E-state index contributed by atoms with van der Waals surface area (Å²) in [5.74, 6) is -2.09. The molecule has 0 bridgehead atoms. The van der Waals surface area contributed by atoms with Crippen LogP contribution in [-0.2, 0) is 16.6 Å². The van der Waals surface area contributed by atoms with Crippen molar-refractivity contribution >= 4 is 39.7 Å². The molecule has 0 fully saturated rings. The highest BCUT2D eigenvalue weighted by Gasteiger charge is 2.19. The van der Waals surface area contributed by atoms with Crippen LogP contribution in [0.1, 0.15) is 5.56 Å². The van der Waals surface area contributed by atoms with Gasteiger partial charge in [0.25, 0.3) is 0 Å². The van der Waals surface area contributed by atoms with Crippen molar-refractivity contribution in [1.29, 1.82) is 0 Å². The number of rotatable bonds is 3. The van der Waals surface area contributed by atoms with E-state index < -0.39 is 27.3 Å². The van der Waals surface area contributed by atoms with Crippen molar-refractivity contribution in [2.75, 3.05) is 5.73 Å². The van der Waals surface area contributed by atoms with Gasteiger partial charge in [-0.2, -0.15) is 0 Å². The fraction of sp³-hybridized carbons (Fsp3) is 0.0769. The Morgan fingerprint density at radius 3 is 2.10 bits per heavy atom. The summed E-state index contributed by atoms with van der Waals surface area (Å²) in [6, 6.07) is 6.60. The van der Waals surface area contributed by atoms with E-state index in [1.54, 1.807) is 18.2 Å². The first-order valence-corrected chi connectivity index (χ1v) is 7.53. The van der Waals surface area contributed by atoms with Gasteiger partial charge < -0.3 is 5.73 Å². The highest BCUT2D eigenvalue weighted by molar-refractivity contribution is 7.84. The van der Waals surface area contributed by atoms with Crippen LogP contribution >= 0.6 is 23.2 Å². The van der Waals surface area contributed by atoms with Gasteiger partial charge in [-0.05, 0) is 24.3 Å². The third-order valence-electron chi connectivity index (χ3n) is 2.59. The van der Waals surface area contributed by atoms with Gasteiger partial charge in [-0.3, -0.25) is 4.21 Å². The highest BCUT2D eigenvalue weighted by atomic mass is 35.5. The molecule has 0 spiro atoms. The van der Waals surface area contributed by atoms with Gasteiger partial charge in [0, 0.05) is 21.3 Å². The van der Waals surface area contributed by atoms with E-state index in [2.05, 4.69) is 0 Å². The molecule has 0 aliphatic carbocycles. The van der Waals surface area contributed by atoms with Crippen LogP contribution in [0.2, 0.25) is 10.0 Å². The van der Waals surface area contributed by atoms with Gasteiger partial charge in [-0.1, -0.05) is 29.3 Å². The molecular formula is C13H9Cl2F2NOS. The van der Waals surface area contributed by atoms with E-state index in [0.29, 0.717) is 15.6 Å². The zero-order valence-electron chi connectivity index (χ0n) is 10.00. The first-order valence-electron chi connectivity index (χ1n) is 5.46. The second-order valence-electron chi connectivity index (χ2n) is 4.00. The lowest BCUT2D eigenvalue weighted by molar-refractivity contribution is 0.535. The standard InChI is InChI=1S/C13H9Cl2F2NOS/c14-9-2-1-3-10(15)8(9)6-20(19)13-11(16)4-7(18)5-12(13)17/h1-5H,6,18H2. The van der Waals surface area contributed by atoms with Gasteiger partial charge in [0.1, 0.15) is 16.5 Å². The predicted octanol–water partition coefficient (Wildman–Crippen LogP) is 4.16. The maximum atomic E-state index is 13.7. The van der Waals surface area contributed by atoms with Crippen molar-refractivity contribution in [1.82, 2.24) is 0 Å². The number of hydrogen-bond acceptors (Lipinski definition) is 2. The van der Waals surface area contributed by atoms with Gasteiger partial charge in [0.2, 0.25) is 0 Å². The lowest BCUT2D eigenvalue weighted by Crippen LogP contribution is -2.05. The van der Waals surface area contributed by atoms with Crippen LogP contribution in [0.25, 0.3) is 0 Å². The molecule has 1 atom stereocenters. The average Bonchev–Trinajstić information content (AvgIpc) is 2.32. The minimum atomic E-state index is -1.96. The minimum Gasteiger partial charge on any atom is -0.399 e. The Hall–Kier alpha value is -1.17. The first-order chi connectivity index (χ1) is 9.40. The number of anilines is 1. The van der Waals surface area contributed by atoms with Crippen LogP contribution in [0, 0.1) is 11.6 Å². The van der Waals surface area contributed by atoms with Crippen molar-refractivity contribution in [2.24, 2.45) is 0 Å². The molecule has 2 N–H and O–H groups in total. The number of halogens is 4. The average molecular weight is 336 g/mol. The van der Waals surface area contributed by atoms with Gasteiger partial charge in [-0.15, -0.1) is 0 Å². The maximum absolute atomic E-state index is 13.7. The third kappa shape index (κ3) is 3.11. The summed E-state index contributed by atoms with van der Waals surface area (Å²) >= 11 is 11.9. The maximum Gasteiger partial charge on any atom is 0.144 e. The first kappa shape index (κ1) is 15.2. The molecule has 0 aromatic heterocycles. The van der Waals surface area contributed by atoms with Crippen LogP contribution in [0.15, 0.2) is 35.2 Å². The van der Waals surface area contributed by atoms with Crippen LogP contribution in [0.5, 0.6) is 0 Å². The fourth-order valence-electron chi connectivity index (χ4n) is 1.67. The lowest BCUT2D eigenvalue weighted by Gasteiger charge is -2.09. The highest BCUT2D eigenvalue weighted by Crippen LogP contribution is 2.29. The second kappa shape index (κ2) is 6.08. The summed E-state index contributed by atoms with van der Waals surface area (Å²) in [7, 11) is -1.96. The van der Waals surface area contributed by atoms with Crippen molar-refractivity contribution < 1.29 is 13.0 Å². The monoisotopic (exact) mass is 335 g/mol. The van der Waals surface area contributed by atoms with E-state index in [9.17, 15) is 13.0 Å². The summed E-state index contributed by atoms with van der Waals surface area (Å²) in [6.45, 7) is 0. The number of nitrogens with two attached hydrogens (primary N) is 1. The van der Waals surface area contributed by atoms with Crippen LogP contribution in [-0.4, -0.2) is 4.21 Å². The molecule has 0 amide bonds. The predicted molar refractivity (Wildman–Crippen MR) is 77.3 cm³/mol. The van der Waals surface area contributed by atoms with E-state index in [0.717, 1.165) is 12.1 Å². The molecule has 0 heterocycles. The lowest BCUT2D eigenvalue weighted by atomic mass is 10.2. The Morgan fingerprint density at radius 2 is 1.60 bits per heavy atom. The second-order valence-corrected chi connectivity index (χ2v) is 6.21. The summed E-state index contributed by atoms with van der Waals surface area (Å²) in [5, 5.41) is 0.587. The van der Waals surface area contributed by atoms with Crippen molar-refractivity contribution in [3.63, 3.8) is 0 Å². The summed E-state index contributed by atoms with van der Waals surface area (Å²) in [4.78, 5) is -0.532. The fourth-order valence-corrected chi connectivity index (χ4v) is 3.63. The van der Waals surface area contributed by atoms with Gasteiger partial charge in [0.15, 0.2) is 0 Å². The zero-order valence-corrected chi connectivity index (χ0v) is 12.3. The number of hydrogen-bond donors (Lipinski definition) is 1. The van der Waals surface area contributed by atoms with E-state index in [1.807, 2.05) is 0 Å². The Morgan fingerprint density at radius 1 is 1.10 bits per heavy atom. The molecule has 1 unspecified atom stereocenters. The number of benzene rings is 2. The van der Waals surface area contributed by atoms with Crippen molar-refractivity contribution in [3.05, 3.63) is 57.6 Å². The molecule has 0 radical (unpaired) electrons. The quantitative estimate of drug-likeness (QED) is 0.855.